The minimum absolute atomic E-state index is 0.00347. The Morgan fingerprint density at radius 3 is 2.56 bits per heavy atom. The molecule has 1 amide bonds. The van der Waals surface area contributed by atoms with Gasteiger partial charge < -0.3 is 29.6 Å². The van der Waals surface area contributed by atoms with Crippen molar-refractivity contribution in [3.8, 4) is 0 Å². The Morgan fingerprint density at radius 2 is 1.88 bits per heavy atom. The van der Waals surface area contributed by atoms with Crippen LogP contribution in [0.15, 0.2) is 30.5 Å². The molecule has 0 bridgehead atoms. The third kappa shape index (κ3) is 6.15. The van der Waals surface area contributed by atoms with Gasteiger partial charge in [0.2, 0.25) is 5.91 Å². The van der Waals surface area contributed by atoms with E-state index in [1.165, 1.54) is 7.11 Å². The van der Waals surface area contributed by atoms with Gasteiger partial charge in [0.1, 0.15) is 6.04 Å². The normalized spacial score (nSPS) is 16.8. The molecule has 9 heteroatoms. The van der Waals surface area contributed by atoms with E-state index in [-0.39, 0.29) is 32.0 Å². The maximum Gasteiger partial charge on any atom is 0.328 e. The van der Waals surface area contributed by atoms with E-state index in [0.29, 0.717) is 19.4 Å². The Morgan fingerprint density at radius 1 is 1.15 bits per heavy atom. The lowest BCUT2D eigenvalue weighted by atomic mass is 9.76. The minimum atomic E-state index is -1.00. The number of carbonyl (C=O) groups is 3. The molecule has 1 aromatic carbocycles. The Balaban J connectivity index is 1.75. The smallest absolute Gasteiger partial charge is 0.328 e. The average molecular weight is 475 g/mol. The molecular formula is C25H34N2O7. The van der Waals surface area contributed by atoms with Gasteiger partial charge in [0.25, 0.3) is 0 Å². The van der Waals surface area contributed by atoms with Crippen molar-refractivity contribution in [3.63, 3.8) is 0 Å². The number of methoxy groups -OCH3 is 2. The topological polar surface area (TPSA) is 127 Å². The number of esters is 1. The summed E-state index contributed by atoms with van der Waals surface area (Å²) in [5.74, 6) is -2.67. The van der Waals surface area contributed by atoms with Crippen molar-refractivity contribution in [2.24, 2.45) is 11.3 Å². The minimum Gasteiger partial charge on any atom is -0.481 e. The maximum absolute atomic E-state index is 13.5. The van der Waals surface area contributed by atoms with Gasteiger partial charge in [0, 0.05) is 30.6 Å². The van der Waals surface area contributed by atoms with Crippen molar-refractivity contribution < 1.29 is 33.7 Å². The van der Waals surface area contributed by atoms with Crippen LogP contribution in [0.1, 0.15) is 37.7 Å². The fraction of sp³-hybridized carbons (Fsp3) is 0.560. The number of benzene rings is 1. The number of hydrogen-bond acceptors (Lipinski definition) is 6. The lowest BCUT2D eigenvalue weighted by Crippen LogP contribution is -2.50. The highest BCUT2D eigenvalue weighted by Crippen LogP contribution is 2.44. The molecule has 186 valence electrons. The van der Waals surface area contributed by atoms with Crippen molar-refractivity contribution in [3.05, 3.63) is 36.0 Å². The predicted octanol–water partition coefficient (Wildman–Crippen LogP) is 2.68. The Kier molecular flexibility index (Phi) is 9.06. The molecule has 34 heavy (non-hydrogen) atoms. The first-order valence-electron chi connectivity index (χ1n) is 11.6. The van der Waals surface area contributed by atoms with Gasteiger partial charge in [-0.3, -0.25) is 9.59 Å². The number of nitrogens with one attached hydrogen (secondary N) is 2. The van der Waals surface area contributed by atoms with Crippen LogP contribution in [0, 0.1) is 11.3 Å². The molecule has 0 aliphatic heterocycles. The second-order valence-corrected chi connectivity index (χ2v) is 8.91. The predicted molar refractivity (Wildman–Crippen MR) is 125 cm³/mol. The number of aliphatic carboxylic acids is 1. The number of aromatic amines is 1. The molecule has 1 aliphatic rings. The summed E-state index contributed by atoms with van der Waals surface area (Å²) >= 11 is 0. The zero-order valence-corrected chi connectivity index (χ0v) is 19.8. The number of H-pyrrole nitrogens is 1. The first-order chi connectivity index (χ1) is 16.4. The van der Waals surface area contributed by atoms with E-state index in [4.69, 9.17) is 14.2 Å². The molecule has 1 fully saturated rings. The summed E-state index contributed by atoms with van der Waals surface area (Å²) in [5, 5.41) is 13.6. The number of para-hydroxylation sites is 1. The van der Waals surface area contributed by atoms with Crippen LogP contribution in [0.3, 0.4) is 0 Å². The number of rotatable bonds is 13. The number of fused-ring (bicyclic) bond motifs is 1. The molecule has 0 spiro atoms. The molecule has 1 saturated carbocycles. The molecule has 1 unspecified atom stereocenters. The van der Waals surface area contributed by atoms with Gasteiger partial charge in [-0.05, 0) is 30.9 Å². The second-order valence-electron chi connectivity index (χ2n) is 8.91. The first-order valence-corrected chi connectivity index (χ1v) is 11.6. The second kappa shape index (κ2) is 12.0. The van der Waals surface area contributed by atoms with Gasteiger partial charge >= 0.3 is 11.9 Å². The van der Waals surface area contributed by atoms with Gasteiger partial charge in [0.05, 0.1) is 38.3 Å². The van der Waals surface area contributed by atoms with Crippen LogP contribution >= 0.6 is 0 Å². The lowest BCUT2D eigenvalue weighted by molar-refractivity contribution is -0.150. The van der Waals surface area contributed by atoms with E-state index in [2.05, 4.69) is 10.3 Å². The highest BCUT2D eigenvalue weighted by Gasteiger charge is 2.45. The number of carbonyl (C=O) groups excluding carboxylic acids is 2. The van der Waals surface area contributed by atoms with Crippen molar-refractivity contribution >= 4 is 28.7 Å². The quantitative estimate of drug-likeness (QED) is 0.301. The Hall–Kier alpha value is -2.91. The van der Waals surface area contributed by atoms with E-state index in [1.807, 2.05) is 30.5 Å². The van der Waals surface area contributed by atoms with E-state index < -0.39 is 29.3 Å². The fourth-order valence-electron chi connectivity index (χ4n) is 4.80. The molecule has 2 atom stereocenters. The van der Waals surface area contributed by atoms with Crippen LogP contribution < -0.4 is 5.32 Å². The van der Waals surface area contributed by atoms with Gasteiger partial charge in [-0.15, -0.1) is 0 Å². The lowest BCUT2D eigenvalue weighted by Gasteiger charge is -2.32. The standard InChI is InChI=1S/C25H34N2O7/c1-32-11-12-34-16-18(22(28)29)14-25(9-5-6-10-25)24(31)27-21(23(30)33-2)13-17-15-26-20-8-4-3-7-19(17)20/h3-4,7-8,15,18,21,26H,5-6,9-14,16H2,1-2H3,(H,27,31)(H,28,29)/t18?,21-/m0/s1. The number of ether oxygens (including phenoxy) is 3. The van der Waals surface area contributed by atoms with E-state index in [0.717, 1.165) is 29.3 Å². The maximum atomic E-state index is 13.5. The van der Waals surface area contributed by atoms with Gasteiger partial charge in [-0.1, -0.05) is 31.0 Å². The van der Waals surface area contributed by atoms with Crippen molar-refractivity contribution in [2.75, 3.05) is 34.0 Å². The summed E-state index contributed by atoms with van der Waals surface area (Å²) in [6, 6.07) is 6.86. The largest absolute Gasteiger partial charge is 0.481 e. The fourth-order valence-corrected chi connectivity index (χ4v) is 4.80. The van der Waals surface area contributed by atoms with Crippen molar-refractivity contribution in [1.29, 1.82) is 0 Å². The summed E-state index contributed by atoms with van der Waals surface area (Å²) in [5.41, 5.74) is 0.972. The molecule has 2 aromatic rings. The first kappa shape index (κ1) is 25.7. The molecule has 1 heterocycles. The third-order valence-electron chi connectivity index (χ3n) is 6.67. The van der Waals surface area contributed by atoms with E-state index in [1.54, 1.807) is 7.11 Å². The summed E-state index contributed by atoms with van der Waals surface area (Å²) in [7, 11) is 2.84. The summed E-state index contributed by atoms with van der Waals surface area (Å²) in [6.45, 7) is 0.657. The van der Waals surface area contributed by atoms with E-state index in [9.17, 15) is 19.5 Å². The number of amides is 1. The molecule has 3 rings (SSSR count). The highest BCUT2D eigenvalue weighted by molar-refractivity contribution is 5.90. The molecule has 1 aliphatic carbocycles. The molecule has 1 aromatic heterocycles. The monoisotopic (exact) mass is 474 g/mol. The van der Waals surface area contributed by atoms with Gasteiger partial charge in [0.15, 0.2) is 0 Å². The number of carboxylic acid groups (broad SMARTS) is 1. The summed E-state index contributed by atoms with van der Waals surface area (Å²) in [4.78, 5) is 41.2. The zero-order valence-electron chi connectivity index (χ0n) is 19.8. The number of hydrogen-bond donors (Lipinski definition) is 3. The molecular weight excluding hydrogens is 440 g/mol. The molecule has 0 saturated heterocycles. The zero-order chi connectivity index (χ0) is 24.6. The number of carboxylic acids is 1. The summed E-state index contributed by atoms with van der Waals surface area (Å²) in [6.07, 6.45) is 5.05. The van der Waals surface area contributed by atoms with Crippen LogP contribution in [0.5, 0.6) is 0 Å². The Labute approximate surface area is 199 Å². The van der Waals surface area contributed by atoms with Gasteiger partial charge in [-0.25, -0.2) is 4.79 Å². The van der Waals surface area contributed by atoms with Gasteiger partial charge in [-0.2, -0.15) is 0 Å². The third-order valence-corrected chi connectivity index (χ3v) is 6.67. The number of aromatic nitrogens is 1. The van der Waals surface area contributed by atoms with Crippen LogP contribution in [0.2, 0.25) is 0 Å². The van der Waals surface area contributed by atoms with Crippen LogP contribution in [-0.2, 0) is 35.0 Å². The van der Waals surface area contributed by atoms with Crippen LogP contribution in [-0.4, -0.2) is 68.0 Å². The summed E-state index contributed by atoms with van der Waals surface area (Å²) < 4.78 is 15.4. The molecule has 0 radical (unpaired) electrons. The van der Waals surface area contributed by atoms with Crippen molar-refractivity contribution in [2.45, 2.75) is 44.6 Å². The average Bonchev–Trinajstić information content (AvgIpc) is 3.48. The van der Waals surface area contributed by atoms with Crippen LogP contribution in [0.4, 0.5) is 0 Å². The van der Waals surface area contributed by atoms with Crippen LogP contribution in [0.25, 0.3) is 10.9 Å². The molecule has 9 nitrogen and oxygen atoms in total. The van der Waals surface area contributed by atoms with Crippen molar-refractivity contribution in [1.82, 2.24) is 10.3 Å². The Bertz CT molecular complexity index is 981. The SMILES string of the molecule is COCCOCC(CC1(C(=O)N[C@@H](Cc2c[nH]c3ccccc23)C(=O)OC)CCCC1)C(=O)O. The highest BCUT2D eigenvalue weighted by atomic mass is 16.5. The van der Waals surface area contributed by atoms with E-state index >= 15 is 0 Å². The molecule has 3 N–H and O–H groups in total.